The second kappa shape index (κ2) is 11.4. The topological polar surface area (TPSA) is 3.24 Å². The van der Waals surface area contributed by atoms with Crippen molar-refractivity contribution < 1.29 is 0 Å². The van der Waals surface area contributed by atoms with Gasteiger partial charge in [0.1, 0.15) is 8.07 Å². The zero-order valence-corrected chi connectivity index (χ0v) is 33.1. The number of benzene rings is 6. The molecule has 1 heterocycles. The van der Waals surface area contributed by atoms with Gasteiger partial charge in [-0.2, -0.15) is 0 Å². The Kier molecular flexibility index (Phi) is 7.50. The lowest BCUT2D eigenvalue weighted by Crippen LogP contribution is -2.49. The molecule has 51 heavy (non-hydrogen) atoms. The maximum absolute atomic E-state index is 2.51. The Labute approximate surface area is 307 Å². The molecule has 256 valence electrons. The van der Waals surface area contributed by atoms with Crippen LogP contribution in [0.3, 0.4) is 0 Å². The highest BCUT2D eigenvalue weighted by Crippen LogP contribution is 2.54. The molecule has 0 amide bonds. The smallest absolute Gasteiger partial charge is 0.113 e. The predicted molar refractivity (Wildman–Crippen MR) is 224 cm³/mol. The molecule has 6 aromatic carbocycles. The van der Waals surface area contributed by atoms with E-state index in [1.54, 1.807) is 0 Å². The third kappa shape index (κ3) is 5.33. The fourth-order valence-electron chi connectivity index (χ4n) is 8.84. The maximum Gasteiger partial charge on any atom is 0.113 e. The van der Waals surface area contributed by atoms with Crippen molar-refractivity contribution in [2.24, 2.45) is 0 Å². The van der Waals surface area contributed by atoms with Gasteiger partial charge in [0.05, 0.1) is 0 Å². The zero-order chi connectivity index (χ0) is 36.1. The fraction of sp³-hybridized carbons (Fsp3) is 0.265. The first-order valence-electron chi connectivity index (χ1n) is 18.6. The minimum atomic E-state index is -1.88. The van der Waals surface area contributed by atoms with E-state index < -0.39 is 8.07 Å². The molecular formula is C49H51NSi. The molecule has 0 atom stereocenters. The Bertz CT molecular complexity index is 2330. The van der Waals surface area contributed by atoms with Crippen LogP contribution in [0, 0.1) is 0 Å². The molecule has 0 bridgehead atoms. The Morgan fingerprint density at radius 2 is 1.10 bits per heavy atom. The van der Waals surface area contributed by atoms with E-state index in [-0.39, 0.29) is 16.2 Å². The van der Waals surface area contributed by atoms with Gasteiger partial charge in [-0.15, -0.1) is 0 Å². The Morgan fingerprint density at radius 1 is 0.490 bits per heavy atom. The molecule has 2 aliphatic rings. The van der Waals surface area contributed by atoms with Crippen molar-refractivity contribution in [3.8, 4) is 33.4 Å². The number of rotatable bonds is 4. The SMILES string of the molecule is CC(C)(C)c1cc2c(c(C(C)(C)C)c1)C(C)(C)c1cc(N(c3cccc(-c4ccccc4)c3)c3ccc4c(c3)[Si](C)(C)c3ccccc3-4)ccc1-2. The molecular weight excluding hydrogens is 631 g/mol. The summed E-state index contributed by atoms with van der Waals surface area (Å²) >= 11 is 0. The van der Waals surface area contributed by atoms with Crippen LogP contribution >= 0.6 is 0 Å². The standard InChI is InChI=1S/C49H51NSi/c1-47(2,3)34-28-41-38-25-23-36(30-42(38)49(7,8)46(41)43(29-34)48(4,5)6)50(35-20-16-19-33(27-35)32-17-12-11-13-18-32)37-24-26-40-39-21-14-15-22-44(39)51(9,10)45(40)31-37/h11-31H,1-10H3. The van der Waals surface area contributed by atoms with Crippen LogP contribution in [0.25, 0.3) is 33.4 Å². The number of hydrogen-bond acceptors (Lipinski definition) is 1. The van der Waals surface area contributed by atoms with Crippen molar-refractivity contribution >= 4 is 35.5 Å². The molecule has 0 saturated carbocycles. The molecule has 0 spiro atoms. The van der Waals surface area contributed by atoms with Gasteiger partial charge in [-0.05, 0) is 113 Å². The van der Waals surface area contributed by atoms with Crippen molar-refractivity contribution in [2.75, 3.05) is 4.90 Å². The molecule has 0 radical (unpaired) electrons. The van der Waals surface area contributed by atoms with Crippen molar-refractivity contribution in [1.29, 1.82) is 0 Å². The summed E-state index contributed by atoms with van der Waals surface area (Å²) in [6.45, 7) is 24.0. The summed E-state index contributed by atoms with van der Waals surface area (Å²) in [5.74, 6) is 0. The molecule has 0 saturated heterocycles. The summed E-state index contributed by atoms with van der Waals surface area (Å²) in [5, 5.41) is 3.06. The minimum Gasteiger partial charge on any atom is -0.310 e. The molecule has 8 rings (SSSR count). The van der Waals surface area contributed by atoms with Gasteiger partial charge in [-0.25, -0.2) is 0 Å². The highest BCUT2D eigenvalue weighted by Gasteiger charge is 2.42. The van der Waals surface area contributed by atoms with E-state index in [9.17, 15) is 0 Å². The van der Waals surface area contributed by atoms with Gasteiger partial charge >= 0.3 is 0 Å². The van der Waals surface area contributed by atoms with Crippen molar-refractivity contribution in [3.05, 3.63) is 150 Å². The van der Waals surface area contributed by atoms with Crippen LogP contribution in [-0.2, 0) is 16.2 Å². The molecule has 0 fully saturated rings. The van der Waals surface area contributed by atoms with Crippen LogP contribution in [0.1, 0.15) is 77.6 Å². The summed E-state index contributed by atoms with van der Waals surface area (Å²) < 4.78 is 0. The lowest BCUT2D eigenvalue weighted by Gasteiger charge is -2.33. The van der Waals surface area contributed by atoms with Crippen LogP contribution in [0.5, 0.6) is 0 Å². The summed E-state index contributed by atoms with van der Waals surface area (Å²) in [7, 11) is -1.88. The largest absolute Gasteiger partial charge is 0.310 e. The average molecular weight is 682 g/mol. The average Bonchev–Trinajstić information content (AvgIpc) is 3.47. The third-order valence-corrected chi connectivity index (χ3v) is 15.2. The first-order chi connectivity index (χ1) is 24.1. The molecule has 0 N–H and O–H groups in total. The molecule has 1 nitrogen and oxygen atoms in total. The second-order valence-electron chi connectivity index (χ2n) is 18.0. The van der Waals surface area contributed by atoms with Gasteiger partial charge in [0.25, 0.3) is 0 Å². The fourth-order valence-corrected chi connectivity index (χ4v) is 11.9. The van der Waals surface area contributed by atoms with Gasteiger partial charge in [0.2, 0.25) is 0 Å². The highest BCUT2D eigenvalue weighted by atomic mass is 28.3. The Morgan fingerprint density at radius 3 is 1.80 bits per heavy atom. The highest BCUT2D eigenvalue weighted by molar-refractivity contribution is 7.03. The van der Waals surface area contributed by atoms with E-state index in [1.165, 1.54) is 83.1 Å². The first kappa shape index (κ1) is 33.5. The maximum atomic E-state index is 2.51. The van der Waals surface area contributed by atoms with Crippen LogP contribution in [0.2, 0.25) is 13.1 Å². The predicted octanol–water partition coefficient (Wildman–Crippen LogP) is 12.5. The number of nitrogens with zero attached hydrogens (tertiary/aromatic N) is 1. The van der Waals surface area contributed by atoms with E-state index >= 15 is 0 Å². The van der Waals surface area contributed by atoms with Crippen LogP contribution in [0.4, 0.5) is 17.1 Å². The Hall–Kier alpha value is -4.66. The van der Waals surface area contributed by atoms with Crippen LogP contribution < -0.4 is 15.3 Å². The van der Waals surface area contributed by atoms with Crippen LogP contribution in [0.15, 0.2) is 127 Å². The zero-order valence-electron chi connectivity index (χ0n) is 32.1. The first-order valence-corrected chi connectivity index (χ1v) is 21.6. The molecule has 6 aromatic rings. The van der Waals surface area contributed by atoms with E-state index in [2.05, 4.69) is 201 Å². The molecule has 1 aliphatic carbocycles. The van der Waals surface area contributed by atoms with Crippen molar-refractivity contribution in [3.63, 3.8) is 0 Å². The van der Waals surface area contributed by atoms with Gasteiger partial charge in [0.15, 0.2) is 0 Å². The normalized spacial score (nSPS) is 15.2. The monoisotopic (exact) mass is 681 g/mol. The van der Waals surface area contributed by atoms with Gasteiger partial charge in [0, 0.05) is 22.5 Å². The van der Waals surface area contributed by atoms with Crippen LogP contribution in [-0.4, -0.2) is 8.07 Å². The lowest BCUT2D eigenvalue weighted by molar-refractivity contribution is 0.545. The van der Waals surface area contributed by atoms with E-state index in [0.717, 1.165) is 0 Å². The van der Waals surface area contributed by atoms with Crippen molar-refractivity contribution in [1.82, 2.24) is 0 Å². The summed E-state index contributed by atoms with van der Waals surface area (Å²) in [6.07, 6.45) is 0. The van der Waals surface area contributed by atoms with Gasteiger partial charge in [-0.3, -0.25) is 0 Å². The van der Waals surface area contributed by atoms with Gasteiger partial charge in [-0.1, -0.05) is 159 Å². The lowest BCUT2D eigenvalue weighted by atomic mass is 9.71. The van der Waals surface area contributed by atoms with E-state index in [4.69, 9.17) is 0 Å². The summed E-state index contributed by atoms with van der Waals surface area (Å²) in [6, 6.07) is 48.4. The Balaban J connectivity index is 1.34. The van der Waals surface area contributed by atoms with E-state index in [1.807, 2.05) is 0 Å². The molecule has 0 aromatic heterocycles. The number of fused-ring (bicyclic) bond motifs is 6. The molecule has 0 unspecified atom stereocenters. The third-order valence-electron chi connectivity index (χ3n) is 11.7. The number of hydrogen-bond donors (Lipinski definition) is 0. The number of anilines is 3. The quantitative estimate of drug-likeness (QED) is 0.167. The second-order valence-corrected chi connectivity index (χ2v) is 22.3. The molecule has 1 aliphatic heterocycles. The van der Waals surface area contributed by atoms with Gasteiger partial charge < -0.3 is 4.90 Å². The van der Waals surface area contributed by atoms with Crippen molar-refractivity contribution in [2.45, 2.75) is 84.7 Å². The summed E-state index contributed by atoms with van der Waals surface area (Å²) in [4.78, 5) is 2.50. The van der Waals surface area contributed by atoms with E-state index in [0.29, 0.717) is 0 Å². The summed E-state index contributed by atoms with van der Waals surface area (Å²) in [5.41, 5.74) is 17.3. The minimum absolute atomic E-state index is 0.0239. The molecule has 2 heteroatoms.